The number of rotatable bonds is 7. The van der Waals surface area contributed by atoms with Gasteiger partial charge in [-0.3, -0.25) is 14.9 Å². The Hall–Kier alpha value is -2.76. The summed E-state index contributed by atoms with van der Waals surface area (Å²) in [5, 5.41) is 0. The quantitative estimate of drug-likeness (QED) is 0.464. The minimum atomic E-state index is 0.862. The van der Waals surface area contributed by atoms with Crippen molar-refractivity contribution in [3.05, 3.63) is 101 Å². The summed E-state index contributed by atoms with van der Waals surface area (Å²) in [5.41, 5.74) is 3.62. The molecule has 0 radical (unpaired) electrons. The van der Waals surface area contributed by atoms with Gasteiger partial charge in [-0.25, -0.2) is 0 Å². The average molecular weight is 375 g/mol. The molecule has 5 heteroatoms. The van der Waals surface area contributed by atoms with Gasteiger partial charge in [-0.1, -0.05) is 0 Å². The van der Waals surface area contributed by atoms with Crippen molar-refractivity contribution in [1.82, 2.24) is 19.4 Å². The molecule has 0 aliphatic carbocycles. The minimum absolute atomic E-state index is 0.862. The van der Waals surface area contributed by atoms with Crippen molar-refractivity contribution < 1.29 is 0 Å². The normalized spacial score (nSPS) is 11.2. The van der Waals surface area contributed by atoms with E-state index in [2.05, 4.69) is 75.0 Å². The molecule has 0 fully saturated rings. The van der Waals surface area contributed by atoms with Crippen LogP contribution in [0.5, 0.6) is 0 Å². The van der Waals surface area contributed by atoms with Crippen molar-refractivity contribution in [2.24, 2.45) is 0 Å². The van der Waals surface area contributed by atoms with E-state index in [0.29, 0.717) is 0 Å². The molecular weight excluding hydrogens is 352 g/mol. The molecule has 0 saturated carbocycles. The molecule has 0 aliphatic heterocycles. The van der Waals surface area contributed by atoms with E-state index >= 15 is 0 Å². The third-order valence-electron chi connectivity index (χ3n) is 4.47. The van der Waals surface area contributed by atoms with E-state index in [0.717, 1.165) is 25.3 Å². The molecule has 0 unspecified atom stereocenters. The molecule has 4 aromatic rings. The fraction of sp³-hybridized carbons (Fsp3) is 0.182. The maximum absolute atomic E-state index is 4.26. The predicted molar refractivity (Wildman–Crippen MR) is 110 cm³/mol. The van der Waals surface area contributed by atoms with Crippen LogP contribution in [0.25, 0.3) is 5.69 Å². The van der Waals surface area contributed by atoms with Gasteiger partial charge in [0.25, 0.3) is 0 Å². The van der Waals surface area contributed by atoms with Crippen LogP contribution in [0.3, 0.4) is 0 Å². The van der Waals surface area contributed by atoms with Crippen molar-refractivity contribution in [1.29, 1.82) is 0 Å². The van der Waals surface area contributed by atoms with Gasteiger partial charge >= 0.3 is 0 Å². The van der Waals surface area contributed by atoms with Crippen LogP contribution >= 0.6 is 11.3 Å². The molecule has 0 atom stereocenters. The van der Waals surface area contributed by atoms with Gasteiger partial charge in [-0.2, -0.15) is 0 Å². The number of pyridine rings is 2. The van der Waals surface area contributed by atoms with Crippen LogP contribution in [-0.2, 0) is 19.6 Å². The number of hydrogen-bond acceptors (Lipinski definition) is 4. The van der Waals surface area contributed by atoms with Crippen molar-refractivity contribution in [3.63, 3.8) is 0 Å². The zero-order valence-corrected chi connectivity index (χ0v) is 16.1. The summed E-state index contributed by atoms with van der Waals surface area (Å²) in [5.74, 6) is 0. The Morgan fingerprint density at radius 1 is 0.889 bits per heavy atom. The van der Waals surface area contributed by atoms with Gasteiger partial charge in [0.2, 0.25) is 0 Å². The van der Waals surface area contributed by atoms with Crippen molar-refractivity contribution in [2.45, 2.75) is 26.6 Å². The van der Waals surface area contributed by atoms with Crippen molar-refractivity contribution in [3.8, 4) is 5.69 Å². The molecule has 0 aliphatic rings. The summed E-state index contributed by atoms with van der Waals surface area (Å²) in [4.78, 5) is 13.6. The SMILES string of the molecule is Cc1ccc(CN(Cc2ccncc2)Cc2cccn2-c2cccnc2)s1. The smallest absolute Gasteiger partial charge is 0.0636 e. The number of aryl methyl sites for hydroxylation is 1. The van der Waals surface area contributed by atoms with Gasteiger partial charge in [0.1, 0.15) is 0 Å². The highest BCUT2D eigenvalue weighted by atomic mass is 32.1. The Labute approximate surface area is 163 Å². The van der Waals surface area contributed by atoms with Crippen LogP contribution in [0.2, 0.25) is 0 Å². The summed E-state index contributed by atoms with van der Waals surface area (Å²) in [7, 11) is 0. The zero-order valence-electron chi connectivity index (χ0n) is 15.3. The first-order valence-corrected chi connectivity index (χ1v) is 9.83. The van der Waals surface area contributed by atoms with Crippen LogP contribution in [0.15, 0.2) is 79.5 Å². The van der Waals surface area contributed by atoms with E-state index in [1.807, 2.05) is 42.2 Å². The number of hydrogen-bond donors (Lipinski definition) is 0. The summed E-state index contributed by atoms with van der Waals surface area (Å²) < 4.78 is 2.21. The molecule has 0 bridgehead atoms. The van der Waals surface area contributed by atoms with Gasteiger partial charge in [0.15, 0.2) is 0 Å². The second-order valence-electron chi connectivity index (χ2n) is 6.59. The molecule has 4 aromatic heterocycles. The first-order valence-electron chi connectivity index (χ1n) is 9.01. The highest BCUT2D eigenvalue weighted by molar-refractivity contribution is 7.11. The topological polar surface area (TPSA) is 34.0 Å². The van der Waals surface area contributed by atoms with Gasteiger partial charge in [0, 0.05) is 59.9 Å². The highest BCUT2D eigenvalue weighted by Crippen LogP contribution is 2.21. The lowest BCUT2D eigenvalue weighted by Gasteiger charge is -2.23. The standard InChI is InChI=1S/C22H22N4S/c1-18-6-7-22(27-18)17-25(15-19-8-11-23-12-9-19)16-21-5-3-13-26(21)20-4-2-10-24-14-20/h2-14H,15-17H2,1H3. The van der Waals surface area contributed by atoms with Crippen LogP contribution in [0, 0.1) is 6.92 Å². The summed E-state index contributed by atoms with van der Waals surface area (Å²) in [6, 6.07) is 17.0. The molecule has 0 amide bonds. The molecule has 27 heavy (non-hydrogen) atoms. The molecule has 0 spiro atoms. The Morgan fingerprint density at radius 3 is 2.52 bits per heavy atom. The maximum atomic E-state index is 4.26. The second kappa shape index (κ2) is 8.29. The Bertz CT molecular complexity index is 976. The van der Waals surface area contributed by atoms with E-state index in [-0.39, 0.29) is 0 Å². The van der Waals surface area contributed by atoms with Gasteiger partial charge < -0.3 is 4.57 Å². The molecular formula is C22H22N4S. The van der Waals surface area contributed by atoms with Gasteiger partial charge in [-0.05, 0) is 61.0 Å². The molecule has 4 rings (SSSR count). The van der Waals surface area contributed by atoms with Crippen molar-refractivity contribution in [2.75, 3.05) is 0 Å². The predicted octanol–water partition coefficient (Wildman–Crippen LogP) is 4.84. The molecule has 136 valence electrons. The Morgan fingerprint density at radius 2 is 1.78 bits per heavy atom. The lowest BCUT2D eigenvalue weighted by atomic mass is 10.2. The van der Waals surface area contributed by atoms with Crippen LogP contribution < -0.4 is 0 Å². The first kappa shape index (κ1) is 17.6. The summed E-state index contributed by atoms with van der Waals surface area (Å²) in [6.07, 6.45) is 9.54. The number of nitrogens with zero attached hydrogens (tertiary/aromatic N) is 4. The van der Waals surface area contributed by atoms with Crippen LogP contribution in [0.1, 0.15) is 21.0 Å². The summed E-state index contributed by atoms with van der Waals surface area (Å²) in [6.45, 7) is 4.84. The van der Waals surface area contributed by atoms with Crippen LogP contribution in [-0.4, -0.2) is 19.4 Å². The first-order chi connectivity index (χ1) is 13.3. The van der Waals surface area contributed by atoms with Gasteiger partial charge in [-0.15, -0.1) is 11.3 Å². The van der Waals surface area contributed by atoms with Crippen molar-refractivity contribution >= 4 is 11.3 Å². The van der Waals surface area contributed by atoms with E-state index in [4.69, 9.17) is 0 Å². The van der Waals surface area contributed by atoms with E-state index < -0.39 is 0 Å². The van der Waals surface area contributed by atoms with E-state index in [1.54, 1.807) is 0 Å². The monoisotopic (exact) mass is 374 g/mol. The number of aromatic nitrogens is 3. The minimum Gasteiger partial charge on any atom is -0.318 e. The Kier molecular flexibility index (Phi) is 5.42. The van der Waals surface area contributed by atoms with E-state index in [9.17, 15) is 0 Å². The molecule has 0 N–H and O–H groups in total. The zero-order chi connectivity index (χ0) is 18.5. The lowest BCUT2D eigenvalue weighted by molar-refractivity contribution is 0.245. The van der Waals surface area contributed by atoms with Gasteiger partial charge in [0.05, 0.1) is 11.9 Å². The molecule has 0 saturated heterocycles. The summed E-state index contributed by atoms with van der Waals surface area (Å²) >= 11 is 1.87. The molecule has 4 nitrogen and oxygen atoms in total. The maximum Gasteiger partial charge on any atom is 0.0636 e. The lowest BCUT2D eigenvalue weighted by Crippen LogP contribution is -2.23. The fourth-order valence-corrected chi connectivity index (χ4v) is 4.16. The van der Waals surface area contributed by atoms with E-state index in [1.165, 1.54) is 21.0 Å². The highest BCUT2D eigenvalue weighted by Gasteiger charge is 2.13. The van der Waals surface area contributed by atoms with Crippen LogP contribution in [0.4, 0.5) is 0 Å². The average Bonchev–Trinajstić information content (AvgIpc) is 3.32. The molecule has 0 aromatic carbocycles. The third kappa shape index (κ3) is 4.51. The largest absolute Gasteiger partial charge is 0.318 e. The fourth-order valence-electron chi connectivity index (χ4n) is 3.23. The number of thiophene rings is 1. The molecule has 4 heterocycles. The third-order valence-corrected chi connectivity index (χ3v) is 5.46. The second-order valence-corrected chi connectivity index (χ2v) is 7.97. The Balaban J connectivity index is 1.58.